The second-order valence-electron chi connectivity index (χ2n) is 3.91. The molecule has 0 amide bonds. The third kappa shape index (κ3) is 4.23. The van der Waals surface area contributed by atoms with E-state index < -0.39 is 0 Å². The predicted molar refractivity (Wildman–Crippen MR) is 68.5 cm³/mol. The summed E-state index contributed by atoms with van der Waals surface area (Å²) in [6.07, 6.45) is 3.83. The third-order valence-electron chi connectivity index (χ3n) is 2.60. The molecule has 0 saturated heterocycles. The SMILES string of the molecule is CCCC[C@H](N=[N+]=[N-])C(N)Cc1ccsc1. The standard InChI is InChI=1S/C11H18N4S/c1-2-3-4-11(14-15-13)10(12)7-9-5-6-16-8-9/h5-6,8,10-11H,2-4,7,12H2,1H3/t10?,11-/m0/s1. The van der Waals surface area contributed by atoms with Gasteiger partial charge in [-0.1, -0.05) is 24.9 Å². The summed E-state index contributed by atoms with van der Waals surface area (Å²) in [5.41, 5.74) is 15.8. The molecule has 0 aliphatic rings. The van der Waals surface area contributed by atoms with Crippen molar-refractivity contribution < 1.29 is 0 Å². The third-order valence-corrected chi connectivity index (χ3v) is 3.33. The van der Waals surface area contributed by atoms with Crippen molar-refractivity contribution in [3.8, 4) is 0 Å². The van der Waals surface area contributed by atoms with Gasteiger partial charge in [0.15, 0.2) is 0 Å². The van der Waals surface area contributed by atoms with Crippen molar-refractivity contribution in [2.45, 2.75) is 44.7 Å². The van der Waals surface area contributed by atoms with E-state index in [2.05, 4.69) is 28.4 Å². The first-order valence-electron chi connectivity index (χ1n) is 5.58. The molecule has 1 unspecified atom stereocenters. The topological polar surface area (TPSA) is 74.8 Å². The highest BCUT2D eigenvalue weighted by Crippen LogP contribution is 2.14. The van der Waals surface area contributed by atoms with E-state index in [1.165, 1.54) is 5.56 Å². The van der Waals surface area contributed by atoms with Gasteiger partial charge in [0.25, 0.3) is 0 Å². The Bertz CT molecular complexity index is 330. The summed E-state index contributed by atoms with van der Waals surface area (Å²) in [6, 6.07) is 1.92. The summed E-state index contributed by atoms with van der Waals surface area (Å²) in [5, 5.41) is 7.93. The van der Waals surface area contributed by atoms with Crippen LogP contribution in [0.1, 0.15) is 31.7 Å². The zero-order valence-electron chi connectivity index (χ0n) is 9.54. The minimum atomic E-state index is -0.0788. The van der Waals surface area contributed by atoms with E-state index in [0.29, 0.717) is 0 Å². The molecule has 0 spiro atoms. The van der Waals surface area contributed by atoms with Crippen LogP contribution in [0.2, 0.25) is 0 Å². The van der Waals surface area contributed by atoms with Crippen LogP contribution in [0, 0.1) is 0 Å². The van der Waals surface area contributed by atoms with E-state index >= 15 is 0 Å². The first kappa shape index (κ1) is 13.0. The van der Waals surface area contributed by atoms with Gasteiger partial charge in [0.2, 0.25) is 0 Å². The summed E-state index contributed by atoms with van der Waals surface area (Å²) >= 11 is 1.67. The fourth-order valence-electron chi connectivity index (χ4n) is 1.65. The Morgan fingerprint density at radius 1 is 1.62 bits per heavy atom. The fourth-order valence-corrected chi connectivity index (χ4v) is 2.34. The molecule has 0 aliphatic heterocycles. The Balaban J connectivity index is 2.52. The van der Waals surface area contributed by atoms with Gasteiger partial charge in [0.05, 0.1) is 6.04 Å². The number of nitrogens with two attached hydrogens (primary N) is 1. The van der Waals surface area contributed by atoms with Gasteiger partial charge < -0.3 is 5.73 Å². The average molecular weight is 238 g/mol. The molecule has 2 atom stereocenters. The molecule has 0 radical (unpaired) electrons. The Morgan fingerprint density at radius 2 is 2.44 bits per heavy atom. The summed E-state index contributed by atoms with van der Waals surface area (Å²) in [5.74, 6) is 0. The monoisotopic (exact) mass is 238 g/mol. The molecule has 0 fully saturated rings. The van der Waals surface area contributed by atoms with E-state index in [1.807, 2.05) is 5.38 Å². The van der Waals surface area contributed by atoms with Crippen LogP contribution in [0.3, 0.4) is 0 Å². The zero-order valence-corrected chi connectivity index (χ0v) is 10.4. The zero-order chi connectivity index (χ0) is 11.8. The van der Waals surface area contributed by atoms with Crippen molar-refractivity contribution in [2.24, 2.45) is 10.8 Å². The van der Waals surface area contributed by atoms with Crippen molar-refractivity contribution in [2.75, 3.05) is 0 Å². The Labute approximate surface area is 100 Å². The van der Waals surface area contributed by atoms with Crippen LogP contribution in [0.25, 0.3) is 10.4 Å². The molecule has 0 bridgehead atoms. The van der Waals surface area contributed by atoms with Crippen LogP contribution in [-0.2, 0) is 6.42 Å². The van der Waals surface area contributed by atoms with Crippen LogP contribution in [-0.4, -0.2) is 12.1 Å². The Morgan fingerprint density at radius 3 is 3.00 bits per heavy atom. The van der Waals surface area contributed by atoms with E-state index in [1.54, 1.807) is 11.3 Å². The molecule has 16 heavy (non-hydrogen) atoms. The Hall–Kier alpha value is -1.03. The molecule has 0 saturated carbocycles. The maximum Gasteiger partial charge on any atom is 0.0528 e. The maximum absolute atomic E-state index is 8.52. The lowest BCUT2D eigenvalue weighted by molar-refractivity contribution is 0.475. The van der Waals surface area contributed by atoms with Gasteiger partial charge in [0, 0.05) is 11.0 Å². The Kier molecular flexibility index (Phi) is 5.93. The first-order chi connectivity index (χ1) is 7.77. The number of azide groups is 1. The largest absolute Gasteiger partial charge is 0.327 e. The fraction of sp³-hybridized carbons (Fsp3) is 0.636. The number of thiophene rings is 1. The lowest BCUT2D eigenvalue weighted by Crippen LogP contribution is -2.35. The van der Waals surface area contributed by atoms with E-state index in [0.717, 1.165) is 25.7 Å². The van der Waals surface area contributed by atoms with Crippen LogP contribution in [0.4, 0.5) is 0 Å². The second kappa shape index (κ2) is 7.28. The second-order valence-corrected chi connectivity index (χ2v) is 4.69. The average Bonchev–Trinajstić information content (AvgIpc) is 2.76. The number of hydrogen-bond acceptors (Lipinski definition) is 3. The van der Waals surface area contributed by atoms with E-state index in [9.17, 15) is 0 Å². The van der Waals surface area contributed by atoms with Gasteiger partial charge in [-0.15, -0.1) is 0 Å². The molecule has 5 heteroatoms. The minimum Gasteiger partial charge on any atom is -0.327 e. The summed E-state index contributed by atoms with van der Waals surface area (Å²) in [4.78, 5) is 2.89. The molecule has 1 aromatic rings. The van der Waals surface area contributed by atoms with Crippen LogP contribution < -0.4 is 5.73 Å². The summed E-state index contributed by atoms with van der Waals surface area (Å²) < 4.78 is 0. The molecule has 1 aromatic heterocycles. The number of hydrogen-bond donors (Lipinski definition) is 1. The quantitative estimate of drug-likeness (QED) is 0.440. The molecular weight excluding hydrogens is 220 g/mol. The van der Waals surface area contributed by atoms with Crippen LogP contribution >= 0.6 is 11.3 Å². The van der Waals surface area contributed by atoms with Crippen molar-refractivity contribution in [3.05, 3.63) is 32.8 Å². The van der Waals surface area contributed by atoms with Crippen molar-refractivity contribution in [1.29, 1.82) is 0 Å². The van der Waals surface area contributed by atoms with Gasteiger partial charge in [-0.2, -0.15) is 11.3 Å². The molecule has 88 valence electrons. The molecule has 1 heterocycles. The molecule has 4 nitrogen and oxygen atoms in total. The van der Waals surface area contributed by atoms with Gasteiger partial charge >= 0.3 is 0 Å². The van der Waals surface area contributed by atoms with Crippen molar-refractivity contribution >= 4 is 11.3 Å². The lowest BCUT2D eigenvalue weighted by atomic mass is 9.98. The van der Waals surface area contributed by atoms with Gasteiger partial charge in [-0.05, 0) is 40.8 Å². The van der Waals surface area contributed by atoms with Crippen molar-refractivity contribution in [3.63, 3.8) is 0 Å². The van der Waals surface area contributed by atoms with Crippen LogP contribution in [0.5, 0.6) is 0 Å². The maximum atomic E-state index is 8.52. The highest BCUT2D eigenvalue weighted by Gasteiger charge is 2.16. The summed E-state index contributed by atoms with van der Waals surface area (Å²) in [7, 11) is 0. The smallest absolute Gasteiger partial charge is 0.0528 e. The molecule has 0 aliphatic carbocycles. The number of nitrogens with zero attached hydrogens (tertiary/aromatic N) is 3. The van der Waals surface area contributed by atoms with Crippen LogP contribution in [0.15, 0.2) is 21.9 Å². The molecule has 1 rings (SSSR count). The molecule has 0 aromatic carbocycles. The van der Waals surface area contributed by atoms with Gasteiger partial charge in [0.1, 0.15) is 0 Å². The van der Waals surface area contributed by atoms with Crippen molar-refractivity contribution in [1.82, 2.24) is 0 Å². The van der Waals surface area contributed by atoms with E-state index in [4.69, 9.17) is 11.3 Å². The predicted octanol–water partition coefficient (Wildman–Crippen LogP) is 3.49. The van der Waals surface area contributed by atoms with E-state index in [-0.39, 0.29) is 12.1 Å². The number of rotatable bonds is 7. The highest BCUT2D eigenvalue weighted by molar-refractivity contribution is 7.07. The number of unbranched alkanes of at least 4 members (excludes halogenated alkanes) is 1. The molecular formula is C11H18N4S. The van der Waals surface area contributed by atoms with Gasteiger partial charge in [-0.3, -0.25) is 0 Å². The van der Waals surface area contributed by atoms with Gasteiger partial charge in [-0.25, -0.2) is 0 Å². The first-order valence-corrected chi connectivity index (χ1v) is 6.53. The molecule has 2 N–H and O–H groups in total. The normalized spacial score (nSPS) is 14.1. The lowest BCUT2D eigenvalue weighted by Gasteiger charge is -2.18. The highest BCUT2D eigenvalue weighted by atomic mass is 32.1. The summed E-state index contributed by atoms with van der Waals surface area (Å²) in [6.45, 7) is 2.12. The minimum absolute atomic E-state index is 0.0722.